The number of aryl methyl sites for hydroxylation is 1. The average molecular weight is 193 g/mol. The van der Waals surface area contributed by atoms with Crippen molar-refractivity contribution in [3.05, 3.63) is 35.4 Å². The Morgan fingerprint density at radius 2 is 1.92 bits per heavy atom. The maximum atomic E-state index is 4.94. The van der Waals surface area contributed by atoms with Gasteiger partial charge in [0, 0.05) is 0 Å². The third kappa shape index (κ3) is 1.79. The third-order valence-electron chi connectivity index (χ3n) is 2.02. The molecule has 0 aromatic heterocycles. The predicted octanol–water partition coefficient (Wildman–Crippen LogP) is 0.976. The molecule has 0 amide bonds. The Bertz CT molecular complexity index is 320. The van der Waals surface area contributed by atoms with E-state index in [2.05, 4.69) is 47.4 Å². The van der Waals surface area contributed by atoms with Crippen LogP contribution in [0.5, 0.6) is 0 Å². The molecule has 1 aliphatic rings. The van der Waals surface area contributed by atoms with E-state index >= 15 is 0 Å². The minimum Gasteiger partial charge on any atom is -0.341 e. The number of nitrogens with one attached hydrogen (secondary N) is 3. The van der Waals surface area contributed by atoms with Crippen molar-refractivity contribution in [2.75, 3.05) is 0 Å². The van der Waals surface area contributed by atoms with Gasteiger partial charge in [-0.2, -0.15) is 0 Å². The Labute approximate surface area is 82.5 Å². The van der Waals surface area contributed by atoms with Gasteiger partial charge in [-0.1, -0.05) is 29.8 Å². The van der Waals surface area contributed by atoms with Gasteiger partial charge in [-0.25, -0.2) is 5.43 Å². The van der Waals surface area contributed by atoms with Crippen LogP contribution in [0, 0.1) is 6.92 Å². The van der Waals surface area contributed by atoms with Gasteiger partial charge < -0.3 is 5.32 Å². The van der Waals surface area contributed by atoms with E-state index < -0.39 is 0 Å². The van der Waals surface area contributed by atoms with Gasteiger partial charge in [0.1, 0.15) is 6.17 Å². The van der Waals surface area contributed by atoms with Crippen molar-refractivity contribution >= 4 is 17.3 Å². The quantitative estimate of drug-likeness (QED) is 0.581. The van der Waals surface area contributed by atoms with Crippen molar-refractivity contribution in [3.63, 3.8) is 0 Å². The second-order valence-electron chi connectivity index (χ2n) is 3.09. The van der Waals surface area contributed by atoms with Gasteiger partial charge in [-0.05, 0) is 24.7 Å². The Kier molecular flexibility index (Phi) is 2.16. The molecule has 3 N–H and O–H groups in total. The summed E-state index contributed by atoms with van der Waals surface area (Å²) in [5.74, 6) is 0. The molecular weight excluding hydrogens is 182 g/mol. The number of hydrogen-bond acceptors (Lipinski definition) is 2. The van der Waals surface area contributed by atoms with E-state index in [0.717, 1.165) is 0 Å². The maximum absolute atomic E-state index is 4.94. The molecule has 0 spiro atoms. The van der Waals surface area contributed by atoms with Crippen LogP contribution in [0.15, 0.2) is 24.3 Å². The Hall–Kier alpha value is -1.13. The zero-order chi connectivity index (χ0) is 9.26. The van der Waals surface area contributed by atoms with Crippen molar-refractivity contribution in [1.82, 2.24) is 16.2 Å². The van der Waals surface area contributed by atoms with Crippen LogP contribution in [0.2, 0.25) is 0 Å². The maximum Gasteiger partial charge on any atom is 0.182 e. The lowest BCUT2D eigenvalue weighted by Crippen LogP contribution is -2.26. The summed E-state index contributed by atoms with van der Waals surface area (Å²) >= 11 is 4.94. The van der Waals surface area contributed by atoms with Crippen molar-refractivity contribution < 1.29 is 0 Å². The molecule has 4 heteroatoms. The topological polar surface area (TPSA) is 36.1 Å². The van der Waals surface area contributed by atoms with Gasteiger partial charge in [-0.15, -0.1) is 0 Å². The molecule has 0 saturated carbocycles. The number of hydrazine groups is 1. The fourth-order valence-corrected chi connectivity index (χ4v) is 1.44. The molecule has 1 aliphatic heterocycles. The first-order valence-corrected chi connectivity index (χ1v) is 4.55. The highest BCUT2D eigenvalue weighted by molar-refractivity contribution is 7.80. The van der Waals surface area contributed by atoms with Crippen LogP contribution in [0.3, 0.4) is 0 Å². The van der Waals surface area contributed by atoms with Gasteiger partial charge in [0.2, 0.25) is 0 Å². The van der Waals surface area contributed by atoms with E-state index in [1.807, 2.05) is 0 Å². The van der Waals surface area contributed by atoms with Crippen LogP contribution in [0.4, 0.5) is 0 Å². The highest BCUT2D eigenvalue weighted by atomic mass is 32.1. The Morgan fingerprint density at radius 3 is 2.46 bits per heavy atom. The first-order chi connectivity index (χ1) is 6.25. The van der Waals surface area contributed by atoms with Gasteiger partial charge in [0.05, 0.1) is 0 Å². The summed E-state index contributed by atoms with van der Waals surface area (Å²) in [4.78, 5) is 0. The predicted molar refractivity (Wildman–Crippen MR) is 55.9 cm³/mol. The van der Waals surface area contributed by atoms with Crippen LogP contribution in [-0.4, -0.2) is 5.11 Å². The smallest absolute Gasteiger partial charge is 0.182 e. The standard InChI is InChI=1S/C9H11N3S/c1-6-2-4-7(5-3-6)8-10-9(13)12-11-8/h2-5,8,11H,1H3,(H2,10,12,13). The minimum absolute atomic E-state index is 0.0908. The highest BCUT2D eigenvalue weighted by Gasteiger charge is 2.17. The normalized spacial score (nSPS) is 21.0. The van der Waals surface area contributed by atoms with E-state index in [1.165, 1.54) is 11.1 Å². The number of rotatable bonds is 1. The summed E-state index contributed by atoms with van der Waals surface area (Å²) in [5.41, 5.74) is 8.33. The van der Waals surface area contributed by atoms with Gasteiger partial charge in [0.25, 0.3) is 0 Å². The molecule has 1 atom stereocenters. The molecule has 0 aliphatic carbocycles. The largest absolute Gasteiger partial charge is 0.341 e. The first kappa shape index (κ1) is 8.47. The molecular formula is C9H11N3S. The molecule has 1 aromatic rings. The fourth-order valence-electron chi connectivity index (χ4n) is 1.27. The molecule has 3 nitrogen and oxygen atoms in total. The second-order valence-corrected chi connectivity index (χ2v) is 3.49. The molecule has 68 valence electrons. The molecule has 0 bridgehead atoms. The third-order valence-corrected chi connectivity index (χ3v) is 2.24. The molecule has 1 aromatic carbocycles. The molecule has 1 unspecified atom stereocenters. The monoisotopic (exact) mass is 193 g/mol. The first-order valence-electron chi connectivity index (χ1n) is 4.14. The Balaban J connectivity index is 2.17. The molecule has 0 radical (unpaired) electrons. The van der Waals surface area contributed by atoms with Crippen molar-refractivity contribution in [2.45, 2.75) is 13.1 Å². The number of thiocarbonyl (C=S) groups is 1. The molecule has 1 saturated heterocycles. The minimum atomic E-state index is 0.0908. The number of benzene rings is 1. The van der Waals surface area contributed by atoms with E-state index in [0.29, 0.717) is 5.11 Å². The van der Waals surface area contributed by atoms with Crippen LogP contribution in [-0.2, 0) is 0 Å². The summed E-state index contributed by atoms with van der Waals surface area (Å²) < 4.78 is 0. The molecule has 1 fully saturated rings. The van der Waals surface area contributed by atoms with Crippen LogP contribution < -0.4 is 16.2 Å². The lowest BCUT2D eigenvalue weighted by atomic mass is 10.1. The summed E-state index contributed by atoms with van der Waals surface area (Å²) in [5, 5.41) is 3.74. The van der Waals surface area contributed by atoms with E-state index in [1.54, 1.807) is 0 Å². The zero-order valence-corrected chi connectivity index (χ0v) is 8.11. The summed E-state index contributed by atoms with van der Waals surface area (Å²) in [6, 6.07) is 8.32. The molecule has 2 rings (SSSR count). The second kappa shape index (κ2) is 3.32. The van der Waals surface area contributed by atoms with Gasteiger partial charge in [-0.3, -0.25) is 5.43 Å². The SMILES string of the molecule is Cc1ccc(C2NNC(=S)N2)cc1. The average Bonchev–Trinajstić information content (AvgIpc) is 2.53. The Morgan fingerprint density at radius 1 is 1.23 bits per heavy atom. The summed E-state index contributed by atoms with van der Waals surface area (Å²) in [7, 11) is 0. The van der Waals surface area contributed by atoms with Crippen LogP contribution >= 0.6 is 12.2 Å². The van der Waals surface area contributed by atoms with Crippen molar-refractivity contribution in [1.29, 1.82) is 0 Å². The van der Waals surface area contributed by atoms with Crippen molar-refractivity contribution in [2.24, 2.45) is 0 Å². The number of hydrogen-bond donors (Lipinski definition) is 3. The molecule has 1 heterocycles. The summed E-state index contributed by atoms with van der Waals surface area (Å²) in [6.45, 7) is 2.07. The van der Waals surface area contributed by atoms with Crippen LogP contribution in [0.25, 0.3) is 0 Å². The fraction of sp³-hybridized carbons (Fsp3) is 0.222. The lowest BCUT2D eigenvalue weighted by molar-refractivity contribution is 0.554. The van der Waals surface area contributed by atoms with Crippen LogP contribution in [0.1, 0.15) is 17.3 Å². The zero-order valence-electron chi connectivity index (χ0n) is 7.29. The van der Waals surface area contributed by atoms with Crippen molar-refractivity contribution in [3.8, 4) is 0 Å². The van der Waals surface area contributed by atoms with E-state index in [9.17, 15) is 0 Å². The molecule has 13 heavy (non-hydrogen) atoms. The van der Waals surface area contributed by atoms with E-state index in [-0.39, 0.29) is 6.17 Å². The highest BCUT2D eigenvalue weighted by Crippen LogP contribution is 2.12. The summed E-state index contributed by atoms with van der Waals surface area (Å²) in [6.07, 6.45) is 0.0908. The lowest BCUT2D eigenvalue weighted by Gasteiger charge is -2.09. The van der Waals surface area contributed by atoms with Gasteiger partial charge in [0.15, 0.2) is 5.11 Å². The van der Waals surface area contributed by atoms with E-state index in [4.69, 9.17) is 12.2 Å². The van der Waals surface area contributed by atoms with Gasteiger partial charge >= 0.3 is 0 Å².